The molecule has 0 saturated heterocycles. The topological polar surface area (TPSA) is 110 Å². The minimum absolute atomic E-state index is 0.376. The summed E-state index contributed by atoms with van der Waals surface area (Å²) >= 11 is 0. The van der Waals surface area contributed by atoms with Crippen molar-refractivity contribution in [3.8, 4) is 5.75 Å². The first-order valence-electron chi connectivity index (χ1n) is 9.71. The van der Waals surface area contributed by atoms with Crippen LogP contribution in [0.3, 0.4) is 0 Å². The number of hydrogen-bond donors (Lipinski definition) is 4. The van der Waals surface area contributed by atoms with Crippen LogP contribution in [0.15, 0.2) is 72.8 Å². The zero-order chi connectivity index (χ0) is 21.6. The van der Waals surface area contributed by atoms with E-state index >= 15 is 0 Å². The van der Waals surface area contributed by atoms with Gasteiger partial charge in [0.1, 0.15) is 5.75 Å². The lowest BCUT2D eigenvalue weighted by atomic mass is 10.2. The monoisotopic (exact) mass is 413 g/mol. The lowest BCUT2D eigenvalue weighted by molar-refractivity contribution is 0.415. The van der Waals surface area contributed by atoms with Gasteiger partial charge in [-0.3, -0.25) is 0 Å². The van der Waals surface area contributed by atoms with Crippen molar-refractivity contribution in [1.82, 2.24) is 15.0 Å². The average Bonchev–Trinajstić information content (AvgIpc) is 2.74. The molecule has 0 radical (unpaired) electrons. The second kappa shape index (κ2) is 9.00. The fourth-order valence-corrected chi connectivity index (χ4v) is 2.97. The number of aryl methyl sites for hydroxylation is 1. The molecule has 0 saturated carbocycles. The normalized spacial score (nSPS) is 10.4. The van der Waals surface area contributed by atoms with Gasteiger partial charge in [0, 0.05) is 28.8 Å². The molecule has 31 heavy (non-hydrogen) atoms. The highest BCUT2D eigenvalue weighted by Crippen LogP contribution is 2.23. The van der Waals surface area contributed by atoms with E-state index in [0.717, 1.165) is 28.4 Å². The highest BCUT2D eigenvalue weighted by molar-refractivity contribution is 5.64. The van der Waals surface area contributed by atoms with E-state index in [0.29, 0.717) is 23.5 Å². The summed E-state index contributed by atoms with van der Waals surface area (Å²) in [5.41, 5.74) is 10.1. The van der Waals surface area contributed by atoms with Crippen LogP contribution in [-0.2, 0) is 0 Å². The third-order valence-corrected chi connectivity index (χ3v) is 4.38. The van der Waals surface area contributed by atoms with Gasteiger partial charge >= 0.3 is 0 Å². The summed E-state index contributed by atoms with van der Waals surface area (Å²) in [4.78, 5) is 13.5. The van der Waals surface area contributed by atoms with Crippen molar-refractivity contribution in [1.29, 1.82) is 0 Å². The Morgan fingerprint density at radius 1 is 0.677 bits per heavy atom. The van der Waals surface area contributed by atoms with Gasteiger partial charge < -0.3 is 26.4 Å². The first-order valence-corrected chi connectivity index (χ1v) is 9.71. The number of hydrogen-bond acceptors (Lipinski definition) is 8. The zero-order valence-corrected chi connectivity index (χ0v) is 17.3. The van der Waals surface area contributed by atoms with E-state index < -0.39 is 0 Å². The molecule has 4 rings (SSSR count). The summed E-state index contributed by atoms with van der Waals surface area (Å²) in [5, 5.41) is 9.63. The van der Waals surface area contributed by atoms with E-state index in [9.17, 15) is 0 Å². The van der Waals surface area contributed by atoms with Gasteiger partial charge in [-0.2, -0.15) is 15.0 Å². The molecule has 0 aliphatic carbocycles. The third-order valence-electron chi connectivity index (χ3n) is 4.38. The number of aromatic nitrogens is 3. The summed E-state index contributed by atoms with van der Waals surface area (Å²) in [6.07, 6.45) is 0. The summed E-state index contributed by atoms with van der Waals surface area (Å²) in [5.74, 6) is 1.89. The van der Waals surface area contributed by atoms with Crippen LogP contribution in [0, 0.1) is 6.92 Å². The van der Waals surface area contributed by atoms with Crippen molar-refractivity contribution in [2.75, 3.05) is 28.8 Å². The quantitative estimate of drug-likeness (QED) is 0.313. The molecule has 0 spiro atoms. The van der Waals surface area contributed by atoms with Crippen LogP contribution in [0.25, 0.3) is 0 Å². The van der Waals surface area contributed by atoms with Crippen molar-refractivity contribution < 1.29 is 4.74 Å². The Hall–Kier alpha value is -4.33. The number of nitrogens with two attached hydrogens (primary N) is 1. The van der Waals surface area contributed by atoms with Gasteiger partial charge in [0.25, 0.3) is 0 Å². The summed E-state index contributed by atoms with van der Waals surface area (Å²) in [6.45, 7) is 2.03. The van der Waals surface area contributed by atoms with Crippen molar-refractivity contribution in [2.45, 2.75) is 6.92 Å². The predicted octanol–water partition coefficient (Wildman–Crippen LogP) is 5.00. The first kappa shape index (κ1) is 20.0. The van der Waals surface area contributed by atoms with Gasteiger partial charge in [-0.05, 0) is 55.0 Å². The standard InChI is InChI=1S/C23H23N7O/c1-15-6-3-8-17(12-15)25-21-28-22(26-18-9-4-7-16(24)13-18)30-23(29-21)27-19-10-5-11-20(14-19)31-2/h3-14H,24H2,1-2H3,(H3,25,26,27,28,29,30). The van der Waals surface area contributed by atoms with Crippen molar-refractivity contribution >= 4 is 40.6 Å². The smallest absolute Gasteiger partial charge is 0.233 e. The Labute approximate surface area is 180 Å². The molecule has 3 aromatic carbocycles. The van der Waals surface area contributed by atoms with Gasteiger partial charge in [-0.1, -0.05) is 24.3 Å². The molecule has 0 fully saturated rings. The van der Waals surface area contributed by atoms with E-state index in [4.69, 9.17) is 10.5 Å². The molecule has 0 aliphatic heterocycles. The average molecular weight is 413 g/mol. The molecule has 0 bridgehead atoms. The minimum atomic E-state index is 0.376. The maximum atomic E-state index is 5.89. The molecule has 8 nitrogen and oxygen atoms in total. The van der Waals surface area contributed by atoms with Crippen LogP contribution in [0.4, 0.5) is 40.6 Å². The maximum Gasteiger partial charge on any atom is 0.233 e. The van der Waals surface area contributed by atoms with Crippen molar-refractivity contribution in [3.05, 3.63) is 78.4 Å². The summed E-state index contributed by atoms with van der Waals surface area (Å²) in [6, 6.07) is 22.9. The SMILES string of the molecule is COc1cccc(Nc2nc(Nc3cccc(C)c3)nc(Nc3cccc(N)c3)n2)c1. The fraction of sp³-hybridized carbons (Fsp3) is 0.0870. The first-order chi connectivity index (χ1) is 15.1. The van der Waals surface area contributed by atoms with Gasteiger partial charge in [0.2, 0.25) is 17.8 Å². The number of nitrogens with zero attached hydrogens (tertiary/aromatic N) is 3. The molecule has 0 amide bonds. The number of rotatable bonds is 7. The molecular formula is C23H23N7O. The molecule has 1 aromatic heterocycles. The van der Waals surface area contributed by atoms with Crippen LogP contribution in [0.1, 0.15) is 5.56 Å². The molecule has 4 aromatic rings. The molecule has 5 N–H and O–H groups in total. The summed E-state index contributed by atoms with van der Waals surface area (Å²) in [7, 11) is 1.62. The lowest BCUT2D eigenvalue weighted by Crippen LogP contribution is -2.07. The highest BCUT2D eigenvalue weighted by Gasteiger charge is 2.09. The van der Waals surface area contributed by atoms with Gasteiger partial charge in [0.15, 0.2) is 0 Å². The molecule has 0 atom stereocenters. The number of ether oxygens (including phenoxy) is 1. The Kier molecular flexibility index (Phi) is 5.79. The van der Waals surface area contributed by atoms with Crippen molar-refractivity contribution in [3.63, 3.8) is 0 Å². The van der Waals surface area contributed by atoms with E-state index in [1.165, 1.54) is 0 Å². The van der Waals surface area contributed by atoms with Gasteiger partial charge in [0.05, 0.1) is 7.11 Å². The molecule has 0 unspecified atom stereocenters. The maximum absolute atomic E-state index is 5.89. The zero-order valence-electron chi connectivity index (χ0n) is 17.3. The Morgan fingerprint density at radius 3 is 1.74 bits per heavy atom. The second-order valence-corrected chi connectivity index (χ2v) is 6.91. The van der Waals surface area contributed by atoms with Crippen LogP contribution >= 0.6 is 0 Å². The van der Waals surface area contributed by atoms with Crippen molar-refractivity contribution in [2.24, 2.45) is 0 Å². The fourth-order valence-electron chi connectivity index (χ4n) is 2.97. The van der Waals surface area contributed by atoms with E-state index in [2.05, 4.69) is 30.9 Å². The van der Waals surface area contributed by atoms with E-state index in [1.54, 1.807) is 7.11 Å². The number of nitrogens with one attached hydrogen (secondary N) is 3. The van der Waals surface area contributed by atoms with E-state index in [1.807, 2.05) is 79.7 Å². The highest BCUT2D eigenvalue weighted by atomic mass is 16.5. The number of benzene rings is 3. The number of anilines is 7. The van der Waals surface area contributed by atoms with E-state index in [-0.39, 0.29) is 0 Å². The largest absolute Gasteiger partial charge is 0.497 e. The van der Waals surface area contributed by atoms with Crippen LogP contribution in [0.2, 0.25) is 0 Å². The lowest BCUT2D eigenvalue weighted by Gasteiger charge is -2.12. The Morgan fingerprint density at radius 2 is 1.19 bits per heavy atom. The third kappa shape index (κ3) is 5.39. The Bertz CT molecular complexity index is 1130. The van der Waals surface area contributed by atoms with Crippen LogP contribution < -0.4 is 26.4 Å². The number of nitrogen functional groups attached to an aromatic ring is 1. The molecule has 8 heteroatoms. The number of methoxy groups -OCH3 is 1. The summed E-state index contributed by atoms with van der Waals surface area (Å²) < 4.78 is 5.29. The van der Waals surface area contributed by atoms with Crippen LogP contribution in [0.5, 0.6) is 5.75 Å². The molecule has 0 aliphatic rings. The molecule has 156 valence electrons. The van der Waals surface area contributed by atoms with Crippen LogP contribution in [-0.4, -0.2) is 22.1 Å². The van der Waals surface area contributed by atoms with Gasteiger partial charge in [-0.25, -0.2) is 0 Å². The second-order valence-electron chi connectivity index (χ2n) is 6.91. The molecule has 1 heterocycles. The van der Waals surface area contributed by atoms with Gasteiger partial charge in [-0.15, -0.1) is 0 Å². The molecular weight excluding hydrogens is 390 g/mol. The minimum Gasteiger partial charge on any atom is -0.497 e. The Balaban J connectivity index is 1.66. The predicted molar refractivity (Wildman–Crippen MR) is 125 cm³/mol.